The van der Waals surface area contributed by atoms with Crippen molar-refractivity contribution in [2.24, 2.45) is 0 Å². The molecule has 1 aromatic rings. The van der Waals surface area contributed by atoms with Gasteiger partial charge in [0.2, 0.25) is 0 Å². The molecule has 3 rings (SSSR count). The molecule has 0 radical (unpaired) electrons. The van der Waals surface area contributed by atoms with Crippen LogP contribution in [0.5, 0.6) is 0 Å². The summed E-state index contributed by atoms with van der Waals surface area (Å²) in [6, 6.07) is 0.393. The molecular weight excluding hydrogens is 328 g/mol. The first-order chi connectivity index (χ1) is 12.7. The number of aryl methyl sites for hydroxylation is 1. The third-order valence-corrected chi connectivity index (χ3v) is 5.36. The normalized spacial score (nSPS) is 20.1. The Balaban J connectivity index is 1.87. The summed E-state index contributed by atoms with van der Waals surface area (Å²) in [5.74, 6) is 0.0522. The van der Waals surface area contributed by atoms with E-state index in [1.54, 1.807) is 0 Å². The van der Waals surface area contributed by atoms with Crippen molar-refractivity contribution in [1.82, 2.24) is 19.6 Å². The molecule has 2 aliphatic rings. The molecule has 142 valence electrons. The maximum absolute atomic E-state index is 13.1. The lowest BCUT2D eigenvalue weighted by Crippen LogP contribution is -2.42. The molecular formula is C20H30N4O2. The van der Waals surface area contributed by atoms with Crippen LogP contribution in [0, 0.1) is 0 Å². The standard InChI is InChI=1S/C20H30N4O2/c1-4-9-22(10-5-2)16-7-8-18-17(15-16)19(21-24(18)6-3)20(25)23-11-13-26-14-12-23/h4-5,16H,1-2,6-15H2,3H3/t16-/m0/s1. The highest BCUT2D eigenvalue weighted by molar-refractivity contribution is 5.94. The summed E-state index contributed by atoms with van der Waals surface area (Å²) >= 11 is 0. The minimum absolute atomic E-state index is 0.0522. The van der Waals surface area contributed by atoms with Gasteiger partial charge in [0, 0.05) is 50.0 Å². The van der Waals surface area contributed by atoms with Crippen LogP contribution in [0.3, 0.4) is 0 Å². The summed E-state index contributed by atoms with van der Waals surface area (Å²) in [4.78, 5) is 17.3. The van der Waals surface area contributed by atoms with Gasteiger partial charge in [0.05, 0.1) is 13.2 Å². The van der Waals surface area contributed by atoms with E-state index in [4.69, 9.17) is 9.84 Å². The van der Waals surface area contributed by atoms with Gasteiger partial charge in [0.25, 0.3) is 5.91 Å². The van der Waals surface area contributed by atoms with Crippen LogP contribution in [0.2, 0.25) is 0 Å². The van der Waals surface area contributed by atoms with Crippen molar-refractivity contribution in [3.8, 4) is 0 Å². The minimum Gasteiger partial charge on any atom is -0.378 e. The molecule has 0 bridgehead atoms. The second-order valence-corrected chi connectivity index (χ2v) is 6.92. The molecule has 0 saturated carbocycles. The number of ether oxygens (including phenoxy) is 1. The van der Waals surface area contributed by atoms with E-state index in [1.165, 1.54) is 5.69 Å². The smallest absolute Gasteiger partial charge is 0.274 e. The van der Waals surface area contributed by atoms with Crippen LogP contribution in [-0.4, -0.2) is 70.9 Å². The molecule has 1 saturated heterocycles. The average molecular weight is 358 g/mol. The Morgan fingerprint density at radius 3 is 2.62 bits per heavy atom. The third-order valence-electron chi connectivity index (χ3n) is 5.36. The summed E-state index contributed by atoms with van der Waals surface area (Å²) < 4.78 is 7.40. The van der Waals surface area contributed by atoms with Crippen molar-refractivity contribution >= 4 is 5.91 Å². The number of morpholine rings is 1. The van der Waals surface area contributed by atoms with Crippen molar-refractivity contribution in [3.63, 3.8) is 0 Å². The molecule has 1 fully saturated rings. The van der Waals surface area contributed by atoms with Crippen molar-refractivity contribution < 1.29 is 9.53 Å². The van der Waals surface area contributed by atoms with Gasteiger partial charge >= 0.3 is 0 Å². The van der Waals surface area contributed by atoms with Gasteiger partial charge in [-0.05, 0) is 26.2 Å². The zero-order chi connectivity index (χ0) is 18.5. The summed E-state index contributed by atoms with van der Waals surface area (Å²) in [5.41, 5.74) is 3.01. The van der Waals surface area contributed by atoms with E-state index < -0.39 is 0 Å². The fourth-order valence-electron chi connectivity index (χ4n) is 4.03. The Morgan fingerprint density at radius 1 is 1.31 bits per heavy atom. The Kier molecular flexibility index (Phi) is 6.27. The van der Waals surface area contributed by atoms with Gasteiger partial charge in [0.1, 0.15) is 0 Å². The Bertz CT molecular complexity index is 651. The van der Waals surface area contributed by atoms with Crippen LogP contribution in [-0.2, 0) is 24.1 Å². The second kappa shape index (κ2) is 8.64. The number of nitrogens with zero attached hydrogens (tertiary/aromatic N) is 4. The third kappa shape index (κ3) is 3.76. The average Bonchev–Trinajstić information content (AvgIpc) is 3.06. The van der Waals surface area contributed by atoms with Crippen LogP contribution in [0.25, 0.3) is 0 Å². The first-order valence-corrected chi connectivity index (χ1v) is 9.61. The second-order valence-electron chi connectivity index (χ2n) is 6.92. The SMILES string of the molecule is C=CCN(CC=C)[C@H]1CCc2c(c(C(=O)N3CCOCC3)nn2CC)C1. The van der Waals surface area contributed by atoms with E-state index in [1.807, 2.05) is 21.7 Å². The molecule has 1 aliphatic heterocycles. The zero-order valence-electron chi connectivity index (χ0n) is 15.8. The zero-order valence-corrected chi connectivity index (χ0v) is 15.8. The number of hydrogen-bond acceptors (Lipinski definition) is 4. The van der Waals surface area contributed by atoms with Crippen LogP contribution >= 0.6 is 0 Å². The lowest BCUT2D eigenvalue weighted by atomic mass is 9.90. The van der Waals surface area contributed by atoms with Crippen LogP contribution in [0.4, 0.5) is 0 Å². The molecule has 0 N–H and O–H groups in total. The van der Waals surface area contributed by atoms with Gasteiger partial charge in [0.15, 0.2) is 5.69 Å². The van der Waals surface area contributed by atoms with Gasteiger partial charge in [-0.3, -0.25) is 14.4 Å². The number of hydrogen-bond donors (Lipinski definition) is 0. The lowest BCUT2D eigenvalue weighted by Gasteiger charge is -2.33. The summed E-state index contributed by atoms with van der Waals surface area (Å²) in [6.45, 7) is 14.8. The molecule has 0 unspecified atom stereocenters. The highest BCUT2D eigenvalue weighted by Gasteiger charge is 2.32. The van der Waals surface area contributed by atoms with Crippen molar-refractivity contribution in [2.75, 3.05) is 39.4 Å². The van der Waals surface area contributed by atoms with Crippen LogP contribution in [0.15, 0.2) is 25.3 Å². The quantitative estimate of drug-likeness (QED) is 0.699. The number of aromatic nitrogens is 2. The maximum atomic E-state index is 13.1. The number of fused-ring (bicyclic) bond motifs is 1. The Morgan fingerprint density at radius 2 is 2.00 bits per heavy atom. The summed E-state index contributed by atoms with van der Waals surface area (Å²) in [7, 11) is 0. The van der Waals surface area contributed by atoms with E-state index in [9.17, 15) is 4.79 Å². The molecule has 1 amide bonds. The Hall–Kier alpha value is -1.92. The highest BCUT2D eigenvalue weighted by atomic mass is 16.5. The molecule has 0 aromatic carbocycles. The molecule has 6 heteroatoms. The maximum Gasteiger partial charge on any atom is 0.274 e. The summed E-state index contributed by atoms with van der Waals surface area (Å²) in [6.07, 6.45) is 6.78. The van der Waals surface area contributed by atoms with Gasteiger partial charge < -0.3 is 9.64 Å². The van der Waals surface area contributed by atoms with Gasteiger partial charge in [-0.2, -0.15) is 5.10 Å². The molecule has 1 aliphatic carbocycles. The van der Waals surface area contributed by atoms with Gasteiger partial charge in [-0.15, -0.1) is 13.2 Å². The largest absolute Gasteiger partial charge is 0.378 e. The number of rotatable bonds is 7. The molecule has 6 nitrogen and oxygen atoms in total. The first-order valence-electron chi connectivity index (χ1n) is 9.61. The topological polar surface area (TPSA) is 50.6 Å². The molecule has 26 heavy (non-hydrogen) atoms. The van der Waals surface area contributed by atoms with E-state index in [0.717, 1.165) is 44.5 Å². The number of amides is 1. The number of carbonyl (C=O) groups is 1. The molecule has 1 aromatic heterocycles. The fraction of sp³-hybridized carbons (Fsp3) is 0.600. The monoisotopic (exact) mass is 358 g/mol. The van der Waals surface area contributed by atoms with Crippen molar-refractivity contribution in [2.45, 2.75) is 38.8 Å². The molecule has 0 spiro atoms. The van der Waals surface area contributed by atoms with Crippen molar-refractivity contribution in [3.05, 3.63) is 42.3 Å². The van der Waals surface area contributed by atoms with Crippen molar-refractivity contribution in [1.29, 1.82) is 0 Å². The lowest BCUT2D eigenvalue weighted by molar-refractivity contribution is 0.0297. The van der Waals surface area contributed by atoms with E-state index >= 15 is 0 Å². The minimum atomic E-state index is 0.0522. The fourth-order valence-corrected chi connectivity index (χ4v) is 4.03. The van der Waals surface area contributed by atoms with E-state index in [0.29, 0.717) is 38.0 Å². The molecule has 1 atom stereocenters. The van der Waals surface area contributed by atoms with Crippen LogP contribution < -0.4 is 0 Å². The first kappa shape index (κ1) is 18.9. The highest BCUT2D eigenvalue weighted by Crippen LogP contribution is 2.28. The van der Waals surface area contributed by atoms with Gasteiger partial charge in [-0.1, -0.05) is 12.2 Å². The van der Waals surface area contributed by atoms with Gasteiger partial charge in [-0.25, -0.2) is 0 Å². The van der Waals surface area contributed by atoms with E-state index in [-0.39, 0.29) is 5.91 Å². The Labute approximate surface area is 156 Å². The van der Waals surface area contributed by atoms with E-state index in [2.05, 4.69) is 25.0 Å². The number of carbonyl (C=O) groups excluding carboxylic acids is 1. The van der Waals surface area contributed by atoms with Crippen LogP contribution in [0.1, 0.15) is 35.1 Å². The predicted octanol–water partition coefficient (Wildman–Crippen LogP) is 1.91. The summed E-state index contributed by atoms with van der Waals surface area (Å²) in [5, 5.41) is 4.70. The molecule has 2 heterocycles. The predicted molar refractivity (Wildman–Crippen MR) is 102 cm³/mol.